The molecular weight excluding hydrogens is 444 g/mol. The van der Waals surface area contributed by atoms with Crippen LogP contribution >= 0.6 is 0 Å². The van der Waals surface area contributed by atoms with Crippen LogP contribution in [0.3, 0.4) is 0 Å². The number of nitrogens with zero attached hydrogens (tertiary/aromatic N) is 2. The summed E-state index contributed by atoms with van der Waals surface area (Å²) in [6.07, 6.45) is 3.46. The van der Waals surface area contributed by atoms with E-state index >= 15 is 0 Å². The Bertz CT molecular complexity index is 1470. The predicted molar refractivity (Wildman–Crippen MR) is 138 cm³/mol. The minimum absolute atomic E-state index is 0.426. The highest BCUT2D eigenvalue weighted by Gasteiger charge is 2.06. The van der Waals surface area contributed by atoms with Crippen molar-refractivity contribution in [1.29, 1.82) is 0 Å². The van der Waals surface area contributed by atoms with Crippen molar-refractivity contribution in [3.05, 3.63) is 91.3 Å². The van der Waals surface area contributed by atoms with Crippen molar-refractivity contribution in [2.24, 2.45) is 19.9 Å². The molecule has 0 aliphatic heterocycles. The molecule has 0 spiro atoms. The Balaban J connectivity index is 0.000000172. The summed E-state index contributed by atoms with van der Waals surface area (Å²) in [6, 6.07) is 24.0. The second-order valence-corrected chi connectivity index (χ2v) is 7.83. The van der Waals surface area contributed by atoms with E-state index in [0.717, 1.165) is 27.5 Å². The van der Waals surface area contributed by atoms with Crippen LogP contribution < -0.4 is 26.6 Å². The molecular formula is C26H26N6O3. The van der Waals surface area contributed by atoms with Gasteiger partial charge in [0.25, 0.3) is 0 Å². The monoisotopic (exact) mass is 470 g/mol. The Morgan fingerprint density at radius 3 is 1.83 bits per heavy atom. The number of nitrogens with one attached hydrogen (secondary N) is 3. The van der Waals surface area contributed by atoms with E-state index in [2.05, 4.69) is 10.6 Å². The van der Waals surface area contributed by atoms with Gasteiger partial charge >= 0.3 is 12.1 Å². The molecule has 0 radical (unpaired) electrons. The first-order valence-corrected chi connectivity index (χ1v) is 10.8. The van der Waals surface area contributed by atoms with Crippen LogP contribution in [-0.2, 0) is 14.1 Å². The zero-order chi connectivity index (χ0) is 24.8. The van der Waals surface area contributed by atoms with Crippen molar-refractivity contribution in [3.8, 4) is 5.75 Å². The van der Waals surface area contributed by atoms with Gasteiger partial charge in [-0.15, -0.1) is 0 Å². The number of aryl methyl sites for hydroxylation is 2. The number of fused-ring (bicyclic) bond motifs is 2. The van der Waals surface area contributed by atoms with Gasteiger partial charge in [-0.3, -0.25) is 10.7 Å². The molecule has 2 heterocycles. The second-order valence-electron chi connectivity index (χ2n) is 7.83. The zero-order valence-corrected chi connectivity index (χ0v) is 19.4. The predicted octanol–water partition coefficient (Wildman–Crippen LogP) is 4.96. The average molecular weight is 471 g/mol. The van der Waals surface area contributed by atoms with E-state index in [9.17, 15) is 9.59 Å². The van der Waals surface area contributed by atoms with Gasteiger partial charge in [-0.2, -0.15) is 0 Å². The largest absolute Gasteiger partial charge is 0.417 e. The van der Waals surface area contributed by atoms with Gasteiger partial charge < -0.3 is 19.2 Å². The van der Waals surface area contributed by atoms with E-state index in [-0.39, 0.29) is 0 Å². The highest BCUT2D eigenvalue weighted by atomic mass is 16.6. The van der Waals surface area contributed by atoms with Crippen LogP contribution in [0.5, 0.6) is 5.75 Å². The van der Waals surface area contributed by atoms with Crippen molar-refractivity contribution in [2.75, 3.05) is 10.6 Å². The molecule has 5 N–H and O–H groups in total. The molecule has 9 nitrogen and oxygen atoms in total. The van der Waals surface area contributed by atoms with Gasteiger partial charge in [-0.05, 0) is 60.7 Å². The number of nitrogens with two attached hydrogens (primary N) is 1. The van der Waals surface area contributed by atoms with Gasteiger partial charge in [-0.1, -0.05) is 18.2 Å². The van der Waals surface area contributed by atoms with Gasteiger partial charge in [0, 0.05) is 59.7 Å². The Kier molecular flexibility index (Phi) is 6.99. The molecule has 9 heteroatoms. The number of ether oxygens (including phenoxy) is 1. The molecule has 35 heavy (non-hydrogen) atoms. The van der Waals surface area contributed by atoms with Crippen LogP contribution in [0.1, 0.15) is 0 Å². The highest BCUT2D eigenvalue weighted by molar-refractivity contribution is 5.93. The number of carbonyl (C=O) groups excluding carboxylic acids is 2. The minimum atomic E-state index is -0.494. The molecule has 5 rings (SSSR count). The Morgan fingerprint density at radius 1 is 0.743 bits per heavy atom. The number of anilines is 2. The van der Waals surface area contributed by atoms with Crippen LogP contribution in [0.4, 0.5) is 21.0 Å². The summed E-state index contributed by atoms with van der Waals surface area (Å²) in [5.74, 6) is 5.49. The lowest BCUT2D eigenvalue weighted by molar-refractivity contribution is 0.215. The molecule has 0 aliphatic rings. The summed E-state index contributed by atoms with van der Waals surface area (Å²) in [5.41, 5.74) is 5.68. The molecule has 2 aromatic heterocycles. The first-order valence-electron chi connectivity index (χ1n) is 10.8. The number of hydrogen-bond donors (Lipinski definition) is 4. The molecule has 0 unspecified atom stereocenters. The van der Waals surface area contributed by atoms with E-state index in [4.69, 9.17) is 10.6 Å². The molecule has 3 amide bonds. The van der Waals surface area contributed by atoms with E-state index in [0.29, 0.717) is 11.4 Å². The summed E-state index contributed by atoms with van der Waals surface area (Å²) in [6.45, 7) is 0. The van der Waals surface area contributed by atoms with E-state index < -0.39 is 12.1 Å². The molecule has 178 valence electrons. The third kappa shape index (κ3) is 5.79. The van der Waals surface area contributed by atoms with E-state index in [1.165, 1.54) is 0 Å². The molecule has 0 aliphatic carbocycles. The maximum atomic E-state index is 11.8. The molecule has 0 saturated carbocycles. The number of rotatable bonds is 3. The first kappa shape index (κ1) is 23.4. The topological polar surface area (TPSA) is 115 Å². The number of amides is 3. The smallest absolute Gasteiger partial charge is 0.410 e. The zero-order valence-electron chi connectivity index (χ0n) is 19.4. The van der Waals surface area contributed by atoms with Gasteiger partial charge in [-0.25, -0.2) is 15.4 Å². The standard InChI is InChI=1S/C16H14N2O2.C10H12N4O/c1-18-10-9-12-11-13(7-8-15(12)18)17-16(19)20-14-5-3-2-4-6-14;1-14-5-4-7-6-8(2-3-9(7)14)12-10(15)13-11/h2-11H,1H3,(H,17,19);2-6H,11H2,1H3,(H2,12,13,15). The minimum Gasteiger partial charge on any atom is -0.410 e. The SMILES string of the molecule is Cn1ccc2cc(NC(=O)NN)ccc21.Cn1ccc2cc(NC(=O)Oc3ccccc3)ccc21. The molecule has 0 atom stereocenters. The summed E-state index contributed by atoms with van der Waals surface area (Å²) in [5, 5.41) is 7.48. The normalized spacial score (nSPS) is 10.4. The number of para-hydroxylation sites is 1. The van der Waals surface area contributed by atoms with E-state index in [1.807, 2.05) is 108 Å². The van der Waals surface area contributed by atoms with Crippen LogP contribution in [0.15, 0.2) is 91.3 Å². The fourth-order valence-electron chi connectivity index (χ4n) is 3.62. The van der Waals surface area contributed by atoms with Gasteiger partial charge in [0.1, 0.15) is 5.75 Å². The second kappa shape index (κ2) is 10.4. The third-order valence-electron chi connectivity index (χ3n) is 5.36. The third-order valence-corrected chi connectivity index (χ3v) is 5.36. The van der Waals surface area contributed by atoms with Crippen molar-refractivity contribution >= 4 is 45.3 Å². The van der Waals surface area contributed by atoms with Crippen molar-refractivity contribution in [3.63, 3.8) is 0 Å². The number of aromatic nitrogens is 2. The number of carbonyl (C=O) groups is 2. The van der Waals surface area contributed by atoms with Gasteiger partial charge in [0.15, 0.2) is 0 Å². The quantitative estimate of drug-likeness (QED) is 0.169. The number of benzene rings is 3. The molecule has 5 aromatic rings. The fraction of sp³-hybridized carbons (Fsp3) is 0.0769. The van der Waals surface area contributed by atoms with E-state index in [1.54, 1.807) is 12.1 Å². The molecule has 3 aromatic carbocycles. The fourth-order valence-corrected chi connectivity index (χ4v) is 3.62. The van der Waals surface area contributed by atoms with Gasteiger partial charge in [0.05, 0.1) is 0 Å². The molecule has 0 bridgehead atoms. The van der Waals surface area contributed by atoms with Crippen LogP contribution in [-0.4, -0.2) is 21.3 Å². The highest BCUT2D eigenvalue weighted by Crippen LogP contribution is 2.21. The van der Waals surface area contributed by atoms with Crippen molar-refractivity contribution in [2.45, 2.75) is 0 Å². The maximum Gasteiger partial charge on any atom is 0.417 e. The molecule has 0 fully saturated rings. The lowest BCUT2D eigenvalue weighted by Gasteiger charge is -2.07. The van der Waals surface area contributed by atoms with Crippen molar-refractivity contribution < 1.29 is 14.3 Å². The molecule has 0 saturated heterocycles. The Labute approximate surface area is 202 Å². The summed E-state index contributed by atoms with van der Waals surface area (Å²) >= 11 is 0. The van der Waals surface area contributed by atoms with Crippen molar-refractivity contribution in [1.82, 2.24) is 14.6 Å². The van der Waals surface area contributed by atoms with Crippen LogP contribution in [0.2, 0.25) is 0 Å². The first-order chi connectivity index (χ1) is 16.9. The summed E-state index contributed by atoms with van der Waals surface area (Å²) in [4.78, 5) is 22.8. The number of urea groups is 1. The van der Waals surface area contributed by atoms with Gasteiger partial charge in [0.2, 0.25) is 0 Å². The van der Waals surface area contributed by atoms with Crippen LogP contribution in [0.25, 0.3) is 21.8 Å². The Hall–Kier alpha value is -4.76. The number of hydrogen-bond acceptors (Lipinski definition) is 4. The average Bonchev–Trinajstić information content (AvgIpc) is 3.41. The summed E-state index contributed by atoms with van der Waals surface area (Å²) in [7, 11) is 3.96. The lowest BCUT2D eigenvalue weighted by Crippen LogP contribution is -2.34. The van der Waals surface area contributed by atoms with Crippen LogP contribution in [0, 0.1) is 0 Å². The summed E-state index contributed by atoms with van der Waals surface area (Å²) < 4.78 is 9.23. The number of hydrazine groups is 1. The lowest BCUT2D eigenvalue weighted by atomic mass is 10.2. The maximum absolute atomic E-state index is 11.8. The Morgan fingerprint density at radius 2 is 1.29 bits per heavy atom.